The van der Waals surface area contributed by atoms with Gasteiger partial charge in [0.25, 0.3) is 0 Å². The molecule has 1 N–H and O–H groups in total. The predicted molar refractivity (Wildman–Crippen MR) is 125 cm³/mol. The number of hydrogen-bond acceptors (Lipinski definition) is 5. The summed E-state index contributed by atoms with van der Waals surface area (Å²) in [5.41, 5.74) is 3.06. The molecule has 4 rings (SSSR count). The van der Waals surface area contributed by atoms with Gasteiger partial charge in [-0.25, -0.2) is 13.1 Å². The van der Waals surface area contributed by atoms with Crippen LogP contribution in [0, 0.1) is 0 Å². The number of sulfonamides is 1. The second kappa shape index (κ2) is 10.3. The molecular formula is C25H28N2O4S. The van der Waals surface area contributed by atoms with Crippen molar-refractivity contribution in [3.8, 4) is 5.75 Å². The Kier molecular flexibility index (Phi) is 7.22. The molecule has 3 aromatic rings. The molecule has 3 aromatic carbocycles. The van der Waals surface area contributed by atoms with E-state index in [0.717, 1.165) is 22.4 Å². The Balaban J connectivity index is 1.39. The standard InChI is InChI=1S/C25H28N2O4S/c1-27-25(22-12-14-23(15-13-22)30-18-21-10-6-3-7-11-21)24(19-31-27)32(28,29)26-17-16-20-8-4-2-5-9-20/h2-15,24-26H,16-19H2,1H3/t24-,25-/m0/s1. The van der Waals surface area contributed by atoms with E-state index in [-0.39, 0.29) is 6.61 Å². The van der Waals surface area contributed by atoms with Crippen molar-refractivity contribution in [2.24, 2.45) is 0 Å². The maximum Gasteiger partial charge on any atom is 0.218 e. The normalized spacial score (nSPS) is 19.2. The second-order valence-corrected chi connectivity index (χ2v) is 9.83. The number of nitrogens with zero attached hydrogens (tertiary/aromatic N) is 1. The van der Waals surface area contributed by atoms with Crippen LogP contribution < -0.4 is 9.46 Å². The molecule has 7 heteroatoms. The van der Waals surface area contributed by atoms with Crippen molar-refractivity contribution in [1.82, 2.24) is 9.79 Å². The monoisotopic (exact) mass is 452 g/mol. The third-order valence-electron chi connectivity index (χ3n) is 5.61. The summed E-state index contributed by atoms with van der Waals surface area (Å²) in [6.07, 6.45) is 0.640. The summed E-state index contributed by atoms with van der Waals surface area (Å²) < 4.78 is 34.7. The fraction of sp³-hybridized carbons (Fsp3) is 0.280. The zero-order chi connectivity index (χ0) is 22.4. The predicted octanol–water partition coefficient (Wildman–Crippen LogP) is 3.71. The number of nitrogens with one attached hydrogen (secondary N) is 1. The van der Waals surface area contributed by atoms with Crippen LogP contribution in [0.4, 0.5) is 0 Å². The van der Waals surface area contributed by atoms with E-state index in [1.807, 2.05) is 84.9 Å². The van der Waals surface area contributed by atoms with Crippen molar-refractivity contribution in [2.45, 2.75) is 24.3 Å². The Morgan fingerprint density at radius 1 is 0.938 bits per heavy atom. The highest BCUT2D eigenvalue weighted by atomic mass is 32.2. The minimum absolute atomic E-state index is 0.119. The van der Waals surface area contributed by atoms with Gasteiger partial charge in [-0.15, -0.1) is 0 Å². The van der Waals surface area contributed by atoms with Gasteiger partial charge in [-0.3, -0.25) is 4.84 Å². The molecule has 0 unspecified atom stereocenters. The molecular weight excluding hydrogens is 424 g/mol. The first kappa shape index (κ1) is 22.5. The number of hydrogen-bond donors (Lipinski definition) is 1. The largest absolute Gasteiger partial charge is 0.489 e. The fourth-order valence-electron chi connectivity index (χ4n) is 3.87. The van der Waals surface area contributed by atoms with Crippen molar-refractivity contribution in [3.05, 3.63) is 102 Å². The minimum atomic E-state index is -3.56. The van der Waals surface area contributed by atoms with Gasteiger partial charge in [0.15, 0.2) is 0 Å². The molecule has 0 spiro atoms. The molecule has 1 fully saturated rings. The first-order chi connectivity index (χ1) is 15.5. The topological polar surface area (TPSA) is 67.9 Å². The summed E-state index contributed by atoms with van der Waals surface area (Å²) in [5.74, 6) is 0.736. The fourth-order valence-corrected chi connectivity index (χ4v) is 5.38. The van der Waals surface area contributed by atoms with Crippen LogP contribution >= 0.6 is 0 Å². The molecule has 168 valence electrons. The molecule has 2 atom stereocenters. The number of rotatable bonds is 9. The Morgan fingerprint density at radius 3 is 2.22 bits per heavy atom. The average Bonchev–Trinajstić information content (AvgIpc) is 3.22. The van der Waals surface area contributed by atoms with E-state index < -0.39 is 21.3 Å². The van der Waals surface area contributed by atoms with Gasteiger partial charge in [0.2, 0.25) is 10.0 Å². The smallest absolute Gasteiger partial charge is 0.218 e. The van der Waals surface area contributed by atoms with Crippen LogP contribution in [-0.2, 0) is 27.9 Å². The molecule has 1 heterocycles. The Morgan fingerprint density at radius 2 is 1.56 bits per heavy atom. The highest BCUT2D eigenvalue weighted by molar-refractivity contribution is 7.90. The van der Waals surface area contributed by atoms with Crippen molar-refractivity contribution < 1.29 is 18.0 Å². The van der Waals surface area contributed by atoms with E-state index in [9.17, 15) is 8.42 Å². The Bertz CT molecular complexity index is 1090. The van der Waals surface area contributed by atoms with Crippen LogP contribution in [0.1, 0.15) is 22.7 Å². The zero-order valence-corrected chi connectivity index (χ0v) is 18.9. The average molecular weight is 453 g/mol. The van der Waals surface area contributed by atoms with E-state index in [1.165, 1.54) is 0 Å². The van der Waals surface area contributed by atoms with Crippen LogP contribution in [0.2, 0.25) is 0 Å². The maximum atomic E-state index is 13.0. The molecule has 32 heavy (non-hydrogen) atoms. The number of ether oxygens (including phenoxy) is 1. The SMILES string of the molecule is CN1OC[C@H](S(=O)(=O)NCCc2ccccc2)[C@@H]1c1ccc(OCc2ccccc2)cc1. The quantitative estimate of drug-likeness (QED) is 0.536. The van der Waals surface area contributed by atoms with Crippen molar-refractivity contribution >= 4 is 10.0 Å². The summed E-state index contributed by atoms with van der Waals surface area (Å²) in [6, 6.07) is 26.9. The summed E-state index contributed by atoms with van der Waals surface area (Å²) in [7, 11) is -1.80. The molecule has 0 radical (unpaired) electrons. The van der Waals surface area contributed by atoms with E-state index in [0.29, 0.717) is 19.6 Å². The molecule has 0 amide bonds. The lowest BCUT2D eigenvalue weighted by molar-refractivity contribution is -0.110. The lowest BCUT2D eigenvalue weighted by Crippen LogP contribution is -2.40. The van der Waals surface area contributed by atoms with E-state index in [1.54, 1.807) is 12.1 Å². The molecule has 1 saturated heterocycles. The van der Waals surface area contributed by atoms with Gasteiger partial charge in [-0.05, 0) is 35.2 Å². The number of benzene rings is 3. The van der Waals surface area contributed by atoms with Crippen LogP contribution in [0.3, 0.4) is 0 Å². The van der Waals surface area contributed by atoms with Gasteiger partial charge < -0.3 is 4.74 Å². The molecule has 0 aliphatic carbocycles. The molecule has 1 aliphatic heterocycles. The molecule has 0 bridgehead atoms. The first-order valence-corrected chi connectivity index (χ1v) is 12.2. The summed E-state index contributed by atoms with van der Waals surface area (Å²) >= 11 is 0. The summed E-state index contributed by atoms with van der Waals surface area (Å²) in [4.78, 5) is 5.60. The van der Waals surface area contributed by atoms with Crippen LogP contribution in [0.25, 0.3) is 0 Å². The third kappa shape index (κ3) is 5.55. The second-order valence-electron chi connectivity index (χ2n) is 7.84. The van der Waals surface area contributed by atoms with Crippen LogP contribution in [0.5, 0.6) is 5.75 Å². The maximum absolute atomic E-state index is 13.0. The summed E-state index contributed by atoms with van der Waals surface area (Å²) in [5, 5.41) is 0.931. The lowest BCUT2D eigenvalue weighted by Gasteiger charge is -2.23. The highest BCUT2D eigenvalue weighted by Crippen LogP contribution is 2.34. The van der Waals surface area contributed by atoms with Gasteiger partial charge in [-0.2, -0.15) is 5.06 Å². The molecule has 0 saturated carbocycles. The lowest BCUT2D eigenvalue weighted by atomic mass is 10.0. The van der Waals surface area contributed by atoms with Gasteiger partial charge >= 0.3 is 0 Å². The van der Waals surface area contributed by atoms with Crippen molar-refractivity contribution in [1.29, 1.82) is 0 Å². The minimum Gasteiger partial charge on any atom is -0.489 e. The van der Waals surface area contributed by atoms with E-state index >= 15 is 0 Å². The van der Waals surface area contributed by atoms with Crippen LogP contribution in [0.15, 0.2) is 84.9 Å². The number of hydroxylamine groups is 2. The van der Waals surface area contributed by atoms with E-state index in [4.69, 9.17) is 9.57 Å². The zero-order valence-electron chi connectivity index (χ0n) is 18.1. The van der Waals surface area contributed by atoms with Gasteiger partial charge in [0.05, 0.1) is 12.6 Å². The summed E-state index contributed by atoms with van der Waals surface area (Å²) in [6.45, 7) is 0.953. The highest BCUT2D eigenvalue weighted by Gasteiger charge is 2.43. The Labute approximate surface area is 189 Å². The molecule has 1 aliphatic rings. The first-order valence-electron chi connectivity index (χ1n) is 10.7. The third-order valence-corrected chi connectivity index (χ3v) is 7.41. The van der Waals surface area contributed by atoms with Gasteiger partial charge in [0, 0.05) is 13.6 Å². The van der Waals surface area contributed by atoms with Crippen molar-refractivity contribution in [2.75, 3.05) is 20.2 Å². The molecule has 0 aromatic heterocycles. The molecule has 6 nitrogen and oxygen atoms in total. The van der Waals surface area contributed by atoms with Crippen LogP contribution in [-0.4, -0.2) is 38.9 Å². The van der Waals surface area contributed by atoms with Gasteiger partial charge in [0.1, 0.15) is 17.6 Å². The van der Waals surface area contributed by atoms with E-state index in [2.05, 4.69) is 4.72 Å². The Hall–Kier alpha value is -2.71. The van der Waals surface area contributed by atoms with Crippen molar-refractivity contribution in [3.63, 3.8) is 0 Å². The van der Waals surface area contributed by atoms with Gasteiger partial charge in [-0.1, -0.05) is 72.8 Å².